The van der Waals surface area contributed by atoms with E-state index in [1.54, 1.807) is 11.1 Å². The third-order valence-electron chi connectivity index (χ3n) is 5.22. The first-order valence-electron chi connectivity index (χ1n) is 10.9. The molecule has 0 unspecified atom stereocenters. The van der Waals surface area contributed by atoms with Crippen LogP contribution in [0.3, 0.4) is 0 Å². The summed E-state index contributed by atoms with van der Waals surface area (Å²) in [5.74, 6) is 0. The van der Waals surface area contributed by atoms with E-state index in [1.165, 1.54) is 103 Å². The Morgan fingerprint density at radius 1 is 0.480 bits per heavy atom. The van der Waals surface area contributed by atoms with Gasteiger partial charge < -0.3 is 0 Å². The molecule has 0 aliphatic heterocycles. The van der Waals surface area contributed by atoms with Crippen molar-refractivity contribution in [2.75, 3.05) is 0 Å². The van der Waals surface area contributed by atoms with E-state index in [2.05, 4.69) is 38.1 Å². The Balaban J connectivity index is 0.00000576. The fraction of sp³-hybridized carbons (Fsp3) is 0.750. The van der Waals surface area contributed by atoms with E-state index in [4.69, 9.17) is 0 Å². The molecule has 0 saturated heterocycles. The van der Waals surface area contributed by atoms with Crippen LogP contribution in [0.15, 0.2) is 24.3 Å². The average Bonchev–Trinajstić information content (AvgIpc) is 2.61. The second-order valence-corrected chi connectivity index (χ2v) is 7.51. The molecule has 0 spiro atoms. The molecule has 1 aromatic carbocycles. The van der Waals surface area contributed by atoms with Crippen molar-refractivity contribution in [1.82, 2.24) is 0 Å². The molecule has 1 heteroatoms. The van der Waals surface area contributed by atoms with E-state index in [1.807, 2.05) is 0 Å². The van der Waals surface area contributed by atoms with Gasteiger partial charge in [0.15, 0.2) is 0 Å². The van der Waals surface area contributed by atoms with Crippen molar-refractivity contribution in [2.24, 2.45) is 0 Å². The van der Waals surface area contributed by atoms with Gasteiger partial charge in [-0.25, -0.2) is 0 Å². The van der Waals surface area contributed by atoms with Crippen LogP contribution < -0.4 is 0 Å². The third-order valence-corrected chi connectivity index (χ3v) is 5.22. The summed E-state index contributed by atoms with van der Waals surface area (Å²) < 4.78 is 0. The van der Waals surface area contributed by atoms with Gasteiger partial charge in [-0.3, -0.25) is 0 Å². The molecule has 0 nitrogen and oxygen atoms in total. The number of hydrogen-bond donors (Lipinski definition) is 0. The normalized spacial score (nSPS) is 10.6. The summed E-state index contributed by atoms with van der Waals surface area (Å²) >= 11 is 0. The van der Waals surface area contributed by atoms with Gasteiger partial charge in [-0.05, 0) is 36.8 Å². The monoisotopic (exact) mass is 353 g/mol. The van der Waals surface area contributed by atoms with Crippen molar-refractivity contribution in [1.29, 1.82) is 0 Å². The van der Waals surface area contributed by atoms with Crippen LogP contribution in [0.5, 0.6) is 0 Å². The number of rotatable bonds is 16. The van der Waals surface area contributed by atoms with Crippen LogP contribution in [0.25, 0.3) is 0 Å². The number of unbranched alkanes of at least 4 members (excludes halogenated alkanes) is 12. The first kappa shape index (κ1) is 25.2. The molecule has 0 N–H and O–H groups in total. The largest absolute Gasteiger partial charge is 0.0654 e. The molecule has 1 aromatic rings. The molecule has 1 radical (unpaired) electrons. The fourth-order valence-corrected chi connectivity index (χ4v) is 3.59. The molecule has 0 amide bonds. The maximum atomic E-state index is 2.37. The predicted octanol–water partition coefficient (Wildman–Crippen LogP) is 7.89. The molecule has 25 heavy (non-hydrogen) atoms. The van der Waals surface area contributed by atoms with Crippen LogP contribution in [-0.2, 0) is 12.8 Å². The summed E-state index contributed by atoms with van der Waals surface area (Å²) in [6.07, 6.45) is 22.3. The van der Waals surface area contributed by atoms with Gasteiger partial charge in [-0.15, -0.1) is 0 Å². The van der Waals surface area contributed by atoms with Gasteiger partial charge in [0, 0.05) is 29.6 Å². The van der Waals surface area contributed by atoms with E-state index in [-0.39, 0.29) is 29.6 Å². The Hall–Kier alpha value is 0.220. The quantitative estimate of drug-likeness (QED) is 0.209. The average molecular weight is 354 g/mol. The first-order valence-corrected chi connectivity index (χ1v) is 10.9. The molecule has 0 atom stereocenters. The second kappa shape index (κ2) is 19.0. The second-order valence-electron chi connectivity index (χ2n) is 7.51. The molecule has 0 aliphatic rings. The topological polar surface area (TPSA) is 0 Å². The van der Waals surface area contributed by atoms with Crippen molar-refractivity contribution in [2.45, 2.75) is 117 Å². The SMILES string of the molecule is CCCCCCCCCc1ccccc1CCCCCCCCC.[Na]. The molecular formula is C24H42Na. The minimum absolute atomic E-state index is 0. The summed E-state index contributed by atoms with van der Waals surface area (Å²) in [6, 6.07) is 9.19. The molecule has 1 rings (SSSR count). The van der Waals surface area contributed by atoms with Crippen LogP contribution in [0.2, 0.25) is 0 Å². The summed E-state index contributed by atoms with van der Waals surface area (Å²) in [6.45, 7) is 4.59. The molecule has 0 fully saturated rings. The van der Waals surface area contributed by atoms with E-state index < -0.39 is 0 Å². The van der Waals surface area contributed by atoms with Crippen molar-refractivity contribution in [3.05, 3.63) is 35.4 Å². The Morgan fingerprint density at radius 2 is 0.800 bits per heavy atom. The predicted molar refractivity (Wildman–Crippen MR) is 116 cm³/mol. The van der Waals surface area contributed by atoms with Gasteiger partial charge >= 0.3 is 0 Å². The van der Waals surface area contributed by atoms with Gasteiger partial charge in [-0.2, -0.15) is 0 Å². The molecule has 139 valence electrons. The van der Waals surface area contributed by atoms with E-state index in [0.717, 1.165) is 0 Å². The number of hydrogen-bond acceptors (Lipinski definition) is 0. The first-order chi connectivity index (χ1) is 11.9. The van der Waals surface area contributed by atoms with E-state index >= 15 is 0 Å². The Labute approximate surface area is 180 Å². The van der Waals surface area contributed by atoms with E-state index in [0.29, 0.717) is 0 Å². The molecule has 0 heterocycles. The maximum Gasteiger partial charge on any atom is 0 e. The molecule has 0 aromatic heterocycles. The summed E-state index contributed by atoms with van der Waals surface area (Å²) in [5.41, 5.74) is 3.24. The van der Waals surface area contributed by atoms with Crippen LogP contribution in [0, 0.1) is 0 Å². The van der Waals surface area contributed by atoms with Gasteiger partial charge in [0.2, 0.25) is 0 Å². The molecule has 0 aliphatic carbocycles. The van der Waals surface area contributed by atoms with Crippen molar-refractivity contribution >= 4 is 29.6 Å². The Bertz CT molecular complexity index is 348. The van der Waals surface area contributed by atoms with Crippen LogP contribution in [-0.4, -0.2) is 29.6 Å². The summed E-state index contributed by atoms with van der Waals surface area (Å²) in [5, 5.41) is 0. The third kappa shape index (κ3) is 14.0. The Kier molecular flexibility index (Phi) is 19.2. The van der Waals surface area contributed by atoms with Gasteiger partial charge in [0.1, 0.15) is 0 Å². The number of benzene rings is 1. The molecular weight excluding hydrogens is 311 g/mol. The summed E-state index contributed by atoms with van der Waals surface area (Å²) in [4.78, 5) is 0. The van der Waals surface area contributed by atoms with Gasteiger partial charge in [0.05, 0.1) is 0 Å². The molecule has 0 saturated carbocycles. The van der Waals surface area contributed by atoms with Crippen LogP contribution in [0.4, 0.5) is 0 Å². The smallest absolute Gasteiger partial charge is 0 e. The van der Waals surface area contributed by atoms with Crippen molar-refractivity contribution in [3.63, 3.8) is 0 Å². The zero-order chi connectivity index (χ0) is 17.3. The minimum atomic E-state index is 0. The fourth-order valence-electron chi connectivity index (χ4n) is 3.59. The minimum Gasteiger partial charge on any atom is -0.0654 e. The molecule has 0 bridgehead atoms. The van der Waals surface area contributed by atoms with E-state index in [9.17, 15) is 0 Å². The van der Waals surface area contributed by atoms with Crippen LogP contribution >= 0.6 is 0 Å². The van der Waals surface area contributed by atoms with Crippen molar-refractivity contribution < 1.29 is 0 Å². The van der Waals surface area contributed by atoms with Crippen molar-refractivity contribution in [3.8, 4) is 0 Å². The Morgan fingerprint density at radius 3 is 1.16 bits per heavy atom. The van der Waals surface area contributed by atoms with Gasteiger partial charge in [0.25, 0.3) is 0 Å². The van der Waals surface area contributed by atoms with Crippen LogP contribution in [0.1, 0.15) is 115 Å². The number of aryl methyl sites for hydroxylation is 2. The van der Waals surface area contributed by atoms with Gasteiger partial charge in [-0.1, -0.05) is 115 Å². The zero-order valence-electron chi connectivity index (χ0n) is 17.6. The standard InChI is InChI=1S/C24H42.Na/c1-3-5-7-9-11-13-15-19-23-21-17-18-22-24(23)20-16-14-12-10-8-6-4-2;/h17-18,21-22H,3-16,19-20H2,1-2H3;. The summed E-state index contributed by atoms with van der Waals surface area (Å²) in [7, 11) is 0. The zero-order valence-corrected chi connectivity index (χ0v) is 19.6. The maximum absolute atomic E-state index is 2.37.